The topological polar surface area (TPSA) is 40.5 Å². The molecule has 4 fully saturated rings. The van der Waals surface area contributed by atoms with Crippen molar-refractivity contribution in [1.29, 1.82) is 0 Å². The zero-order valence-corrected chi connectivity index (χ0v) is 19.2. The largest absolute Gasteiger partial charge is 0.393 e. The number of hydrogen-bond donors (Lipinski definition) is 2. The Kier molecular flexibility index (Phi) is 5.71. The molecule has 0 bridgehead atoms. The summed E-state index contributed by atoms with van der Waals surface area (Å²) in [7, 11) is 0. The summed E-state index contributed by atoms with van der Waals surface area (Å²) in [5, 5.41) is 21.8. The Labute approximate surface area is 173 Å². The first-order chi connectivity index (χ1) is 13.2. The lowest BCUT2D eigenvalue weighted by Gasteiger charge is -2.62. The van der Waals surface area contributed by atoms with E-state index in [0.29, 0.717) is 23.2 Å². The van der Waals surface area contributed by atoms with Gasteiger partial charge in [-0.1, -0.05) is 47.5 Å². The molecule has 0 aliphatic heterocycles. The maximum Gasteiger partial charge on any atom is 0.0602 e. The van der Waals surface area contributed by atoms with Gasteiger partial charge in [0.15, 0.2) is 0 Å². The normalized spacial score (nSPS) is 52.1. The molecule has 2 heteroatoms. The third-order valence-corrected chi connectivity index (χ3v) is 10.7. The highest BCUT2D eigenvalue weighted by Crippen LogP contribution is 2.68. The van der Waals surface area contributed by atoms with E-state index < -0.39 is 0 Å². The number of aliphatic hydroxyl groups is 2. The molecular weight excluding hydrogens is 344 g/mol. The van der Waals surface area contributed by atoms with E-state index in [9.17, 15) is 10.2 Å². The molecule has 2 N–H and O–H groups in total. The lowest BCUT2D eigenvalue weighted by Crippen LogP contribution is -2.58. The second-order valence-corrected chi connectivity index (χ2v) is 12.3. The minimum atomic E-state index is -0.129. The Bertz CT molecular complexity index is 559. The Morgan fingerprint density at radius 1 is 0.857 bits per heavy atom. The molecule has 0 saturated heterocycles. The fourth-order valence-corrected chi connectivity index (χ4v) is 8.96. The monoisotopic (exact) mass is 390 g/mol. The summed E-state index contributed by atoms with van der Waals surface area (Å²) in [6.45, 7) is 12.1. The average molecular weight is 391 g/mol. The maximum atomic E-state index is 11.6. The van der Waals surface area contributed by atoms with Gasteiger partial charge in [-0.2, -0.15) is 0 Å². The van der Waals surface area contributed by atoms with Crippen LogP contribution in [0.1, 0.15) is 98.8 Å². The Morgan fingerprint density at radius 3 is 2.32 bits per heavy atom. The van der Waals surface area contributed by atoms with E-state index in [-0.39, 0.29) is 17.6 Å². The van der Waals surface area contributed by atoms with Crippen molar-refractivity contribution >= 4 is 0 Å². The maximum absolute atomic E-state index is 11.6. The first-order valence-corrected chi connectivity index (χ1v) is 12.5. The van der Waals surface area contributed by atoms with Crippen LogP contribution in [0, 0.1) is 52.3 Å². The molecular formula is C26H46O2. The van der Waals surface area contributed by atoms with Gasteiger partial charge in [-0.05, 0) is 104 Å². The van der Waals surface area contributed by atoms with Crippen LogP contribution in [0.4, 0.5) is 0 Å². The average Bonchev–Trinajstić information content (AvgIpc) is 3.00. The zero-order chi connectivity index (χ0) is 20.3. The first-order valence-electron chi connectivity index (χ1n) is 12.5. The molecule has 4 aliphatic carbocycles. The summed E-state index contributed by atoms with van der Waals surface area (Å²) in [4.78, 5) is 0. The van der Waals surface area contributed by atoms with E-state index >= 15 is 0 Å². The highest BCUT2D eigenvalue weighted by Gasteiger charge is 2.63. The SMILES string of the molecule is CC(C)CC[C@@H](C)[C@H]1CCC2C3CC[C@@H]4C[C@H](O)CC[C@]4(C)C3C[C@H](O)[C@@]21C. The Morgan fingerprint density at radius 2 is 1.61 bits per heavy atom. The third kappa shape index (κ3) is 3.20. The predicted octanol–water partition coefficient (Wildman–Crippen LogP) is 6.05. The molecule has 0 aromatic heterocycles. The standard InChI is InChI=1S/C26H46O2/c1-16(2)6-7-17(3)21-10-11-22-20-9-8-18-14-19(27)12-13-25(18,4)23(20)15-24(28)26(21,22)5/h16-24,27-28H,6-15H2,1-5H3/t17-,18-,19-,20?,21-,22?,23?,24+,25+,26-/m1/s1. The van der Waals surface area contributed by atoms with Gasteiger partial charge in [-0.25, -0.2) is 0 Å². The molecule has 10 atom stereocenters. The van der Waals surface area contributed by atoms with Gasteiger partial charge < -0.3 is 10.2 Å². The number of rotatable bonds is 4. The van der Waals surface area contributed by atoms with Crippen molar-refractivity contribution in [3.8, 4) is 0 Å². The van der Waals surface area contributed by atoms with E-state index in [2.05, 4.69) is 34.6 Å². The van der Waals surface area contributed by atoms with Crippen molar-refractivity contribution in [3.05, 3.63) is 0 Å². The van der Waals surface area contributed by atoms with Gasteiger partial charge in [0, 0.05) is 0 Å². The zero-order valence-electron chi connectivity index (χ0n) is 19.2. The van der Waals surface area contributed by atoms with Gasteiger partial charge in [-0.3, -0.25) is 0 Å². The number of hydrogen-bond acceptors (Lipinski definition) is 2. The first kappa shape index (κ1) is 21.2. The minimum absolute atomic E-state index is 0.0777. The van der Waals surface area contributed by atoms with Gasteiger partial charge in [-0.15, -0.1) is 0 Å². The van der Waals surface area contributed by atoms with E-state index in [4.69, 9.17) is 0 Å². The molecule has 0 aromatic rings. The van der Waals surface area contributed by atoms with Gasteiger partial charge in [0.2, 0.25) is 0 Å². The van der Waals surface area contributed by atoms with Crippen molar-refractivity contribution < 1.29 is 10.2 Å². The third-order valence-electron chi connectivity index (χ3n) is 10.7. The summed E-state index contributed by atoms with van der Waals surface area (Å²) in [6, 6.07) is 0. The number of aliphatic hydroxyl groups excluding tert-OH is 2. The van der Waals surface area contributed by atoms with Crippen LogP contribution in [0.15, 0.2) is 0 Å². The highest BCUT2D eigenvalue weighted by molar-refractivity contribution is 5.12. The molecule has 28 heavy (non-hydrogen) atoms. The van der Waals surface area contributed by atoms with Crippen molar-refractivity contribution in [2.45, 2.75) is 111 Å². The van der Waals surface area contributed by atoms with Crippen LogP contribution < -0.4 is 0 Å². The fourth-order valence-electron chi connectivity index (χ4n) is 8.96. The van der Waals surface area contributed by atoms with Gasteiger partial charge in [0.05, 0.1) is 12.2 Å². The van der Waals surface area contributed by atoms with Crippen molar-refractivity contribution in [2.24, 2.45) is 52.3 Å². The molecule has 0 amide bonds. The molecule has 2 nitrogen and oxygen atoms in total. The van der Waals surface area contributed by atoms with Crippen LogP contribution >= 0.6 is 0 Å². The fraction of sp³-hybridized carbons (Fsp3) is 1.00. The molecule has 4 rings (SSSR count). The summed E-state index contributed by atoms with van der Waals surface area (Å²) in [5.74, 6) is 5.11. The summed E-state index contributed by atoms with van der Waals surface area (Å²) >= 11 is 0. The molecule has 3 unspecified atom stereocenters. The van der Waals surface area contributed by atoms with E-state index in [1.54, 1.807) is 0 Å². The molecule has 0 heterocycles. The van der Waals surface area contributed by atoms with E-state index in [0.717, 1.165) is 42.9 Å². The van der Waals surface area contributed by atoms with Crippen LogP contribution in [0.3, 0.4) is 0 Å². The minimum Gasteiger partial charge on any atom is -0.393 e. The highest BCUT2D eigenvalue weighted by atomic mass is 16.3. The number of fused-ring (bicyclic) bond motifs is 5. The van der Waals surface area contributed by atoms with E-state index in [1.807, 2.05) is 0 Å². The van der Waals surface area contributed by atoms with Crippen molar-refractivity contribution in [2.75, 3.05) is 0 Å². The smallest absolute Gasteiger partial charge is 0.0602 e. The van der Waals surface area contributed by atoms with Gasteiger partial charge in [0.25, 0.3) is 0 Å². The Balaban J connectivity index is 1.55. The van der Waals surface area contributed by atoms with Crippen molar-refractivity contribution in [3.63, 3.8) is 0 Å². The summed E-state index contributed by atoms with van der Waals surface area (Å²) in [6.07, 6.45) is 11.9. The second-order valence-electron chi connectivity index (χ2n) is 12.3. The predicted molar refractivity (Wildman–Crippen MR) is 116 cm³/mol. The lowest BCUT2D eigenvalue weighted by molar-refractivity contribution is -0.175. The lowest BCUT2D eigenvalue weighted by atomic mass is 9.43. The molecule has 0 radical (unpaired) electrons. The molecule has 4 aliphatic rings. The van der Waals surface area contributed by atoms with Gasteiger partial charge >= 0.3 is 0 Å². The van der Waals surface area contributed by atoms with Crippen LogP contribution in [-0.4, -0.2) is 22.4 Å². The summed E-state index contributed by atoms with van der Waals surface area (Å²) < 4.78 is 0. The second kappa shape index (κ2) is 7.56. The summed E-state index contributed by atoms with van der Waals surface area (Å²) in [5.41, 5.74) is 0.487. The van der Waals surface area contributed by atoms with Crippen LogP contribution in [-0.2, 0) is 0 Å². The Hall–Kier alpha value is -0.0800. The quantitative estimate of drug-likeness (QED) is 0.613. The van der Waals surface area contributed by atoms with Gasteiger partial charge in [0.1, 0.15) is 0 Å². The molecule has 0 spiro atoms. The molecule has 4 saturated carbocycles. The van der Waals surface area contributed by atoms with Crippen LogP contribution in [0.25, 0.3) is 0 Å². The van der Waals surface area contributed by atoms with Crippen molar-refractivity contribution in [1.82, 2.24) is 0 Å². The van der Waals surface area contributed by atoms with Crippen LogP contribution in [0.5, 0.6) is 0 Å². The van der Waals surface area contributed by atoms with E-state index in [1.165, 1.54) is 44.9 Å². The van der Waals surface area contributed by atoms with Crippen LogP contribution in [0.2, 0.25) is 0 Å². The molecule has 0 aromatic carbocycles. The molecule has 162 valence electrons.